The van der Waals surface area contributed by atoms with Crippen LogP contribution in [-0.2, 0) is 4.74 Å². The van der Waals surface area contributed by atoms with Gasteiger partial charge in [0.2, 0.25) is 0 Å². The van der Waals surface area contributed by atoms with Crippen molar-refractivity contribution in [3.63, 3.8) is 0 Å². The number of rotatable bonds is 6. The molecule has 1 saturated heterocycles. The van der Waals surface area contributed by atoms with Crippen LogP contribution >= 0.6 is 0 Å². The quantitative estimate of drug-likeness (QED) is 0.556. The van der Waals surface area contributed by atoms with Crippen molar-refractivity contribution in [3.8, 4) is 0 Å². The number of nitrogens with one attached hydrogen (secondary N) is 1. The van der Waals surface area contributed by atoms with Crippen molar-refractivity contribution in [2.24, 2.45) is 16.1 Å². The Morgan fingerprint density at radius 2 is 2.32 bits per heavy atom. The second-order valence-corrected chi connectivity index (χ2v) is 6.38. The van der Waals surface area contributed by atoms with Gasteiger partial charge in [-0.15, -0.1) is 0 Å². The number of aliphatic hydroxyl groups is 1. The molecule has 0 aromatic heterocycles. The van der Waals surface area contributed by atoms with E-state index in [0.717, 1.165) is 18.7 Å². The molecule has 1 unspecified atom stereocenters. The second kappa shape index (κ2) is 7.61. The van der Waals surface area contributed by atoms with E-state index < -0.39 is 0 Å². The molecule has 0 bridgehead atoms. The van der Waals surface area contributed by atoms with Gasteiger partial charge in [-0.1, -0.05) is 26.0 Å². The van der Waals surface area contributed by atoms with Gasteiger partial charge >= 0.3 is 0 Å². The molecule has 0 radical (unpaired) electrons. The van der Waals surface area contributed by atoms with Gasteiger partial charge in [0.15, 0.2) is 5.96 Å². The Kier molecular flexibility index (Phi) is 5.80. The van der Waals surface area contributed by atoms with E-state index in [-0.39, 0.29) is 12.0 Å². The molecule has 0 aliphatic carbocycles. The molecular formula is C17H27N3O2. The maximum absolute atomic E-state index is 9.22. The van der Waals surface area contributed by atoms with Crippen LogP contribution in [0.5, 0.6) is 0 Å². The molecule has 5 nitrogen and oxygen atoms in total. The summed E-state index contributed by atoms with van der Waals surface area (Å²) in [6, 6.07) is 8.20. The highest BCUT2D eigenvalue weighted by Crippen LogP contribution is 2.32. The normalized spacial score (nSPS) is 22.3. The van der Waals surface area contributed by atoms with Gasteiger partial charge in [0.1, 0.15) is 0 Å². The summed E-state index contributed by atoms with van der Waals surface area (Å²) in [5, 5.41) is 12.4. The number of nitrogens with zero attached hydrogens (tertiary/aromatic N) is 1. The highest BCUT2D eigenvalue weighted by molar-refractivity contribution is 5.92. The number of benzene rings is 1. The highest BCUT2D eigenvalue weighted by atomic mass is 16.5. The summed E-state index contributed by atoms with van der Waals surface area (Å²) < 4.78 is 5.46. The lowest BCUT2D eigenvalue weighted by Crippen LogP contribution is -2.30. The standard InChI is InChI=1S/C17H27N3O2/c1-13(2)14-4-3-5-15(10-14)20-16(18)19-11-17(6-8-21)7-9-22-12-17/h3-5,10,13,21H,6-9,11-12H2,1-2H3,(H3,18,19,20). The minimum Gasteiger partial charge on any atom is -0.396 e. The number of nitrogens with two attached hydrogens (primary N) is 1. The summed E-state index contributed by atoms with van der Waals surface area (Å²) in [4.78, 5) is 4.46. The van der Waals surface area contributed by atoms with Crippen LogP contribution in [0, 0.1) is 5.41 Å². The smallest absolute Gasteiger partial charge is 0.193 e. The SMILES string of the molecule is CC(C)c1cccc(NC(N)=NCC2(CCO)CCOC2)c1. The molecule has 1 fully saturated rings. The first-order valence-corrected chi connectivity index (χ1v) is 7.90. The number of aliphatic imine (C=N–C) groups is 1. The van der Waals surface area contributed by atoms with E-state index >= 15 is 0 Å². The van der Waals surface area contributed by atoms with Crippen LogP contribution in [0.25, 0.3) is 0 Å². The molecule has 1 atom stereocenters. The van der Waals surface area contributed by atoms with Gasteiger partial charge in [-0.05, 0) is 36.5 Å². The summed E-state index contributed by atoms with van der Waals surface area (Å²) in [5.41, 5.74) is 8.15. The molecule has 0 saturated carbocycles. The van der Waals surface area contributed by atoms with Gasteiger partial charge in [0, 0.05) is 24.3 Å². The van der Waals surface area contributed by atoms with Crippen LogP contribution < -0.4 is 11.1 Å². The number of hydrogen-bond acceptors (Lipinski definition) is 3. The van der Waals surface area contributed by atoms with Gasteiger partial charge in [-0.2, -0.15) is 0 Å². The van der Waals surface area contributed by atoms with Gasteiger partial charge in [0.25, 0.3) is 0 Å². The van der Waals surface area contributed by atoms with Crippen LogP contribution in [-0.4, -0.2) is 37.4 Å². The van der Waals surface area contributed by atoms with Crippen LogP contribution in [0.4, 0.5) is 5.69 Å². The molecule has 0 amide bonds. The zero-order valence-electron chi connectivity index (χ0n) is 13.5. The lowest BCUT2D eigenvalue weighted by atomic mass is 9.84. The minimum atomic E-state index is -0.0686. The largest absolute Gasteiger partial charge is 0.396 e. The summed E-state index contributed by atoms with van der Waals surface area (Å²) in [6.07, 6.45) is 1.62. The van der Waals surface area contributed by atoms with Gasteiger partial charge in [-0.3, -0.25) is 4.99 Å². The lowest BCUT2D eigenvalue weighted by Gasteiger charge is -2.24. The average molecular weight is 305 g/mol. The number of anilines is 1. The first kappa shape index (κ1) is 16.8. The van der Waals surface area contributed by atoms with Crippen molar-refractivity contribution >= 4 is 11.6 Å². The van der Waals surface area contributed by atoms with Crippen molar-refractivity contribution in [3.05, 3.63) is 29.8 Å². The molecule has 4 N–H and O–H groups in total. The Bertz CT molecular complexity index is 508. The molecule has 2 rings (SSSR count). The van der Waals surface area contributed by atoms with Crippen molar-refractivity contribution in [1.29, 1.82) is 0 Å². The molecule has 1 heterocycles. The van der Waals surface area contributed by atoms with E-state index in [9.17, 15) is 5.11 Å². The summed E-state index contributed by atoms with van der Waals surface area (Å²) in [6.45, 7) is 6.44. The number of aliphatic hydroxyl groups excluding tert-OH is 1. The van der Waals surface area contributed by atoms with Crippen LogP contribution in [0.1, 0.15) is 38.2 Å². The van der Waals surface area contributed by atoms with Crippen molar-refractivity contribution < 1.29 is 9.84 Å². The molecule has 1 aliphatic heterocycles. The van der Waals surface area contributed by atoms with E-state index in [0.29, 0.717) is 31.4 Å². The Morgan fingerprint density at radius 3 is 2.95 bits per heavy atom. The fourth-order valence-electron chi connectivity index (χ4n) is 2.70. The zero-order valence-corrected chi connectivity index (χ0v) is 13.5. The third-order valence-electron chi connectivity index (χ3n) is 4.24. The van der Waals surface area contributed by atoms with E-state index in [1.165, 1.54) is 5.56 Å². The molecule has 5 heteroatoms. The van der Waals surface area contributed by atoms with Crippen LogP contribution in [0.3, 0.4) is 0 Å². The third kappa shape index (κ3) is 4.45. The molecular weight excluding hydrogens is 278 g/mol. The van der Waals surface area contributed by atoms with E-state index in [2.05, 4.69) is 36.3 Å². The summed E-state index contributed by atoms with van der Waals surface area (Å²) >= 11 is 0. The predicted octanol–water partition coefficient (Wildman–Crippen LogP) is 2.33. The summed E-state index contributed by atoms with van der Waals surface area (Å²) in [7, 11) is 0. The Morgan fingerprint density at radius 1 is 1.50 bits per heavy atom. The van der Waals surface area contributed by atoms with Crippen LogP contribution in [0.2, 0.25) is 0 Å². The van der Waals surface area contributed by atoms with Crippen molar-refractivity contribution in [1.82, 2.24) is 0 Å². The first-order valence-electron chi connectivity index (χ1n) is 7.90. The molecule has 1 aliphatic rings. The lowest BCUT2D eigenvalue weighted by molar-refractivity contribution is 0.131. The maximum Gasteiger partial charge on any atom is 0.193 e. The summed E-state index contributed by atoms with van der Waals surface area (Å²) in [5.74, 6) is 0.883. The minimum absolute atomic E-state index is 0.0686. The second-order valence-electron chi connectivity index (χ2n) is 6.38. The number of ether oxygens (including phenoxy) is 1. The Labute approximate surface area is 132 Å². The van der Waals surface area contributed by atoms with Gasteiger partial charge in [-0.25, -0.2) is 0 Å². The predicted molar refractivity (Wildman–Crippen MR) is 90.2 cm³/mol. The van der Waals surface area contributed by atoms with E-state index in [1.54, 1.807) is 0 Å². The zero-order chi connectivity index (χ0) is 16.0. The molecule has 0 spiro atoms. The molecule has 1 aromatic rings. The monoisotopic (exact) mass is 305 g/mol. The Hall–Kier alpha value is -1.59. The van der Waals surface area contributed by atoms with Crippen molar-refractivity contribution in [2.45, 2.75) is 32.6 Å². The third-order valence-corrected chi connectivity index (χ3v) is 4.24. The van der Waals surface area contributed by atoms with Gasteiger partial charge in [0.05, 0.1) is 13.2 Å². The fourth-order valence-corrected chi connectivity index (χ4v) is 2.70. The van der Waals surface area contributed by atoms with Crippen molar-refractivity contribution in [2.75, 3.05) is 31.7 Å². The highest BCUT2D eigenvalue weighted by Gasteiger charge is 2.34. The number of hydrogen-bond donors (Lipinski definition) is 3. The molecule has 22 heavy (non-hydrogen) atoms. The molecule has 122 valence electrons. The number of guanidine groups is 1. The topological polar surface area (TPSA) is 79.9 Å². The fraction of sp³-hybridized carbons (Fsp3) is 0.588. The Balaban J connectivity index is 1.99. The first-order chi connectivity index (χ1) is 10.5. The van der Waals surface area contributed by atoms with Crippen LogP contribution in [0.15, 0.2) is 29.3 Å². The maximum atomic E-state index is 9.22. The molecule has 1 aromatic carbocycles. The average Bonchev–Trinajstić information content (AvgIpc) is 2.95. The van der Waals surface area contributed by atoms with Gasteiger partial charge < -0.3 is 20.9 Å². The van der Waals surface area contributed by atoms with E-state index in [1.807, 2.05) is 12.1 Å². The van der Waals surface area contributed by atoms with E-state index in [4.69, 9.17) is 10.5 Å².